The molecule has 0 saturated carbocycles. The largest absolute Gasteiger partial charge is 0.376 e. The highest BCUT2D eigenvalue weighted by molar-refractivity contribution is 6.07. The maximum absolute atomic E-state index is 12.3. The highest BCUT2D eigenvalue weighted by Gasteiger charge is 2.27. The Bertz CT molecular complexity index is 438. The number of piperidine rings is 1. The van der Waals surface area contributed by atoms with Gasteiger partial charge in [-0.25, -0.2) is 0 Å². The molecule has 2 aliphatic heterocycles. The molecule has 2 rings (SSSR count). The Balaban J connectivity index is 2.36. The Morgan fingerprint density at radius 2 is 2.06 bits per heavy atom. The first-order chi connectivity index (χ1) is 8.49. The molecule has 0 unspecified atom stereocenters. The summed E-state index contributed by atoms with van der Waals surface area (Å²) in [5, 5.41) is 11.2. The Morgan fingerprint density at radius 1 is 1.33 bits per heavy atom. The molecule has 0 bridgehead atoms. The summed E-state index contributed by atoms with van der Waals surface area (Å²) in [6.45, 7) is 6.65. The third kappa shape index (κ3) is 2.46. The molecule has 1 amide bonds. The standard InChI is InChI=1S/C13H20N4O/c1-9-6-15-12(13(18)17(3)7-9)10-8-16(2)5-4-11(10)14/h14-15H,1,4-8H2,2-3H3/b12-10-,14-11?. The van der Waals surface area contributed by atoms with Crippen LogP contribution in [0.15, 0.2) is 23.4 Å². The lowest BCUT2D eigenvalue weighted by Gasteiger charge is -2.27. The van der Waals surface area contributed by atoms with Crippen LogP contribution in [0, 0.1) is 5.41 Å². The summed E-state index contributed by atoms with van der Waals surface area (Å²) in [7, 11) is 3.79. The zero-order chi connectivity index (χ0) is 13.3. The second kappa shape index (κ2) is 4.94. The van der Waals surface area contributed by atoms with E-state index < -0.39 is 0 Å². The van der Waals surface area contributed by atoms with Crippen molar-refractivity contribution < 1.29 is 4.79 Å². The van der Waals surface area contributed by atoms with E-state index in [2.05, 4.69) is 16.8 Å². The lowest BCUT2D eigenvalue weighted by Crippen LogP contribution is -2.38. The molecule has 0 aliphatic carbocycles. The van der Waals surface area contributed by atoms with Gasteiger partial charge >= 0.3 is 0 Å². The molecule has 2 saturated heterocycles. The molecule has 2 aliphatic rings. The van der Waals surface area contributed by atoms with Crippen molar-refractivity contribution in [1.82, 2.24) is 15.1 Å². The zero-order valence-electron chi connectivity index (χ0n) is 11.0. The minimum Gasteiger partial charge on any atom is -0.376 e. The molecule has 2 N–H and O–H groups in total. The van der Waals surface area contributed by atoms with Crippen LogP contribution in [0.1, 0.15) is 6.42 Å². The van der Waals surface area contributed by atoms with Gasteiger partial charge in [-0.2, -0.15) is 0 Å². The molecule has 2 fully saturated rings. The van der Waals surface area contributed by atoms with Crippen molar-refractivity contribution >= 4 is 11.6 Å². The Kier molecular flexibility index (Phi) is 3.52. The van der Waals surface area contributed by atoms with Gasteiger partial charge in [-0.3, -0.25) is 4.79 Å². The van der Waals surface area contributed by atoms with E-state index in [9.17, 15) is 4.79 Å². The van der Waals surface area contributed by atoms with Crippen LogP contribution >= 0.6 is 0 Å². The molecule has 0 spiro atoms. The van der Waals surface area contributed by atoms with Gasteiger partial charge in [0.15, 0.2) is 0 Å². The van der Waals surface area contributed by atoms with Crippen LogP contribution in [0.4, 0.5) is 0 Å². The zero-order valence-corrected chi connectivity index (χ0v) is 11.0. The average molecular weight is 248 g/mol. The van der Waals surface area contributed by atoms with E-state index in [0.29, 0.717) is 37.5 Å². The molecule has 2 heterocycles. The molecule has 5 nitrogen and oxygen atoms in total. The number of carbonyl (C=O) groups excluding carboxylic acids is 1. The normalized spacial score (nSPS) is 27.2. The number of likely N-dealkylation sites (tertiary alicyclic amines) is 1. The van der Waals surface area contributed by atoms with Crippen LogP contribution < -0.4 is 5.32 Å². The predicted molar refractivity (Wildman–Crippen MR) is 71.6 cm³/mol. The number of nitrogens with zero attached hydrogens (tertiary/aromatic N) is 2. The number of nitrogens with one attached hydrogen (secondary N) is 2. The minimum atomic E-state index is -0.0382. The van der Waals surface area contributed by atoms with Crippen molar-refractivity contribution in [2.24, 2.45) is 0 Å². The van der Waals surface area contributed by atoms with Crippen molar-refractivity contribution in [3.63, 3.8) is 0 Å². The topological polar surface area (TPSA) is 59.4 Å². The fraction of sp³-hybridized carbons (Fsp3) is 0.538. The van der Waals surface area contributed by atoms with E-state index in [0.717, 1.165) is 17.7 Å². The maximum atomic E-state index is 12.3. The van der Waals surface area contributed by atoms with Crippen LogP contribution in [0.25, 0.3) is 0 Å². The number of carbonyl (C=O) groups is 1. The summed E-state index contributed by atoms with van der Waals surface area (Å²) < 4.78 is 0. The fourth-order valence-corrected chi connectivity index (χ4v) is 2.31. The maximum Gasteiger partial charge on any atom is 0.270 e. The Morgan fingerprint density at radius 3 is 2.78 bits per heavy atom. The van der Waals surface area contributed by atoms with E-state index in [4.69, 9.17) is 5.41 Å². The van der Waals surface area contributed by atoms with Gasteiger partial charge in [0.25, 0.3) is 5.91 Å². The molecule has 0 aromatic carbocycles. The number of likely N-dealkylation sites (N-methyl/N-ethyl adjacent to an activating group) is 2. The number of amides is 1. The fourth-order valence-electron chi connectivity index (χ4n) is 2.31. The van der Waals surface area contributed by atoms with Gasteiger partial charge in [0.2, 0.25) is 0 Å². The van der Waals surface area contributed by atoms with Crippen LogP contribution in [0.5, 0.6) is 0 Å². The first-order valence-corrected chi connectivity index (χ1v) is 6.14. The van der Waals surface area contributed by atoms with E-state index in [1.165, 1.54) is 0 Å². The predicted octanol–water partition coefficient (Wildman–Crippen LogP) is 0.214. The van der Waals surface area contributed by atoms with Gasteiger partial charge < -0.3 is 20.5 Å². The Hall–Kier alpha value is -1.62. The van der Waals surface area contributed by atoms with Crippen molar-refractivity contribution in [2.75, 3.05) is 40.3 Å². The smallest absolute Gasteiger partial charge is 0.270 e. The van der Waals surface area contributed by atoms with Crippen LogP contribution in [-0.2, 0) is 4.79 Å². The third-order valence-electron chi connectivity index (χ3n) is 3.37. The summed E-state index contributed by atoms with van der Waals surface area (Å²) in [4.78, 5) is 16.1. The SMILES string of the molecule is C=C1CN/C(=C2/CN(C)CCC2=N)C(=O)N(C)C1. The molecule has 0 aromatic rings. The molecule has 98 valence electrons. The van der Waals surface area contributed by atoms with E-state index in [1.807, 2.05) is 7.05 Å². The molecule has 18 heavy (non-hydrogen) atoms. The quantitative estimate of drug-likeness (QED) is 0.476. The lowest BCUT2D eigenvalue weighted by atomic mass is 10.00. The monoisotopic (exact) mass is 248 g/mol. The highest BCUT2D eigenvalue weighted by atomic mass is 16.2. The lowest BCUT2D eigenvalue weighted by molar-refractivity contribution is -0.125. The van der Waals surface area contributed by atoms with Gasteiger partial charge in [0.1, 0.15) is 5.70 Å². The molecule has 5 heteroatoms. The number of rotatable bonds is 0. The van der Waals surface area contributed by atoms with E-state index in [1.54, 1.807) is 11.9 Å². The van der Waals surface area contributed by atoms with E-state index in [-0.39, 0.29) is 5.91 Å². The third-order valence-corrected chi connectivity index (χ3v) is 3.37. The molecular weight excluding hydrogens is 228 g/mol. The van der Waals surface area contributed by atoms with Crippen LogP contribution in [0.3, 0.4) is 0 Å². The van der Waals surface area contributed by atoms with Crippen molar-refractivity contribution in [2.45, 2.75) is 6.42 Å². The first-order valence-electron chi connectivity index (χ1n) is 6.14. The summed E-state index contributed by atoms with van der Waals surface area (Å²) in [6, 6.07) is 0. The van der Waals surface area contributed by atoms with Gasteiger partial charge in [-0.05, 0) is 12.6 Å². The first kappa shape index (κ1) is 12.8. The molecule has 0 atom stereocenters. The van der Waals surface area contributed by atoms with Crippen molar-refractivity contribution in [3.05, 3.63) is 23.4 Å². The van der Waals surface area contributed by atoms with E-state index >= 15 is 0 Å². The number of hydrogen-bond donors (Lipinski definition) is 2. The second-order valence-electron chi connectivity index (χ2n) is 5.08. The minimum absolute atomic E-state index is 0.0382. The number of hydrogen-bond acceptors (Lipinski definition) is 4. The summed E-state index contributed by atoms with van der Waals surface area (Å²) in [5.41, 5.74) is 2.96. The summed E-state index contributed by atoms with van der Waals surface area (Å²) in [5.74, 6) is -0.0382. The van der Waals surface area contributed by atoms with Crippen LogP contribution in [0.2, 0.25) is 0 Å². The summed E-state index contributed by atoms with van der Waals surface area (Å²) >= 11 is 0. The van der Waals surface area contributed by atoms with Gasteiger partial charge in [0, 0.05) is 50.9 Å². The molecule has 0 aromatic heterocycles. The molecule has 0 radical (unpaired) electrons. The second-order valence-corrected chi connectivity index (χ2v) is 5.08. The van der Waals surface area contributed by atoms with Gasteiger partial charge in [0.05, 0.1) is 0 Å². The summed E-state index contributed by atoms with van der Waals surface area (Å²) in [6.07, 6.45) is 0.703. The van der Waals surface area contributed by atoms with Crippen LogP contribution in [-0.4, -0.2) is 61.7 Å². The average Bonchev–Trinajstić information content (AvgIpc) is 2.44. The van der Waals surface area contributed by atoms with Gasteiger partial charge in [-0.1, -0.05) is 6.58 Å². The van der Waals surface area contributed by atoms with Gasteiger partial charge in [-0.15, -0.1) is 0 Å². The Labute approximate surface area is 108 Å². The van der Waals surface area contributed by atoms with Crippen molar-refractivity contribution in [3.8, 4) is 0 Å². The highest BCUT2D eigenvalue weighted by Crippen LogP contribution is 2.17. The molecular formula is C13H20N4O. The van der Waals surface area contributed by atoms with Crippen molar-refractivity contribution in [1.29, 1.82) is 5.41 Å².